The third kappa shape index (κ3) is 2.21. The summed E-state index contributed by atoms with van der Waals surface area (Å²) in [6.45, 7) is 8.69. The summed E-state index contributed by atoms with van der Waals surface area (Å²) in [5, 5.41) is 3.07. The highest BCUT2D eigenvalue weighted by Crippen LogP contribution is 2.40. The fourth-order valence-corrected chi connectivity index (χ4v) is 2.70. The first-order chi connectivity index (χ1) is 7.92. The van der Waals surface area contributed by atoms with Crippen LogP contribution in [0.3, 0.4) is 0 Å². The molecule has 1 amide bonds. The Kier molecular flexibility index (Phi) is 2.98. The number of benzene rings is 1. The highest BCUT2D eigenvalue weighted by molar-refractivity contribution is 5.94. The topological polar surface area (TPSA) is 29.1 Å². The Morgan fingerprint density at radius 2 is 1.94 bits per heavy atom. The molecule has 1 heterocycles. The maximum Gasteiger partial charge on any atom is 0.227 e. The minimum absolute atomic E-state index is 0.0463. The molecule has 0 radical (unpaired) electrons. The predicted octanol–water partition coefficient (Wildman–Crippen LogP) is 3.58. The molecule has 1 aromatic carbocycles. The van der Waals surface area contributed by atoms with Crippen molar-refractivity contribution in [2.24, 2.45) is 11.8 Å². The van der Waals surface area contributed by atoms with Crippen LogP contribution in [-0.2, 0) is 10.2 Å². The summed E-state index contributed by atoms with van der Waals surface area (Å²) in [5.41, 5.74) is 2.27. The molecule has 1 aromatic rings. The number of carbonyl (C=O) groups is 1. The molecule has 0 saturated carbocycles. The fraction of sp³-hybridized carbons (Fsp3) is 0.533. The van der Waals surface area contributed by atoms with Crippen LogP contribution in [0.4, 0.5) is 5.69 Å². The van der Waals surface area contributed by atoms with Gasteiger partial charge in [-0.25, -0.2) is 0 Å². The lowest BCUT2D eigenvalue weighted by Gasteiger charge is -2.28. The number of para-hydroxylation sites is 1. The van der Waals surface area contributed by atoms with Gasteiger partial charge in [0.25, 0.3) is 0 Å². The minimum atomic E-state index is 0.0463. The van der Waals surface area contributed by atoms with Crippen molar-refractivity contribution in [2.45, 2.75) is 39.5 Å². The molecule has 0 spiro atoms. The summed E-state index contributed by atoms with van der Waals surface area (Å²) >= 11 is 0. The van der Waals surface area contributed by atoms with Gasteiger partial charge in [0, 0.05) is 11.6 Å². The van der Waals surface area contributed by atoms with E-state index in [4.69, 9.17) is 0 Å². The Morgan fingerprint density at radius 1 is 1.29 bits per heavy atom. The van der Waals surface area contributed by atoms with E-state index in [-0.39, 0.29) is 17.2 Å². The van der Waals surface area contributed by atoms with E-state index in [2.05, 4.69) is 39.1 Å². The van der Waals surface area contributed by atoms with E-state index in [0.29, 0.717) is 5.92 Å². The van der Waals surface area contributed by atoms with Crippen LogP contribution >= 0.6 is 0 Å². The first kappa shape index (κ1) is 12.2. The van der Waals surface area contributed by atoms with Gasteiger partial charge in [-0.05, 0) is 29.4 Å². The molecule has 0 aromatic heterocycles. The first-order valence-corrected chi connectivity index (χ1v) is 6.32. The highest BCUT2D eigenvalue weighted by atomic mass is 16.1. The van der Waals surface area contributed by atoms with Crippen LogP contribution in [0, 0.1) is 11.8 Å². The molecular weight excluding hydrogens is 210 g/mol. The molecule has 92 valence electrons. The predicted molar refractivity (Wildman–Crippen MR) is 71.0 cm³/mol. The van der Waals surface area contributed by atoms with Crippen LogP contribution in [0.2, 0.25) is 0 Å². The smallest absolute Gasteiger partial charge is 0.227 e. The molecule has 2 rings (SSSR count). The van der Waals surface area contributed by atoms with Gasteiger partial charge in [0.2, 0.25) is 5.91 Å². The molecular formula is C15H21NO. The Bertz CT molecular complexity index is 434. The number of fused-ring (bicyclic) bond motifs is 1. The maximum atomic E-state index is 12.2. The molecule has 1 aliphatic heterocycles. The van der Waals surface area contributed by atoms with Crippen molar-refractivity contribution in [3.63, 3.8) is 0 Å². The molecule has 1 N–H and O–H groups in total. The number of anilines is 1. The number of hydrogen-bond donors (Lipinski definition) is 1. The van der Waals surface area contributed by atoms with Crippen LogP contribution in [-0.4, -0.2) is 5.91 Å². The van der Waals surface area contributed by atoms with Crippen LogP contribution in [0.25, 0.3) is 0 Å². The summed E-state index contributed by atoms with van der Waals surface area (Å²) in [7, 11) is 0. The number of nitrogens with one attached hydrogen (secondary N) is 1. The third-order valence-corrected chi connectivity index (χ3v) is 3.79. The van der Waals surface area contributed by atoms with Crippen LogP contribution in [0.15, 0.2) is 24.3 Å². The average molecular weight is 231 g/mol. The van der Waals surface area contributed by atoms with Crippen LogP contribution in [0.5, 0.6) is 0 Å². The summed E-state index contributed by atoms with van der Waals surface area (Å²) < 4.78 is 0. The lowest BCUT2D eigenvalue weighted by molar-refractivity contribution is -0.121. The molecule has 2 heteroatoms. The molecule has 0 saturated heterocycles. The Labute approximate surface area is 103 Å². The summed E-state index contributed by atoms with van der Waals surface area (Å²) in [5.74, 6) is 0.638. The van der Waals surface area contributed by atoms with Crippen LogP contribution < -0.4 is 5.32 Å². The van der Waals surface area contributed by atoms with Crippen molar-refractivity contribution in [1.29, 1.82) is 0 Å². The summed E-state index contributed by atoms with van der Waals surface area (Å²) in [4.78, 5) is 12.2. The Balaban J connectivity index is 2.46. The quantitative estimate of drug-likeness (QED) is 0.786. The number of amides is 1. The SMILES string of the molecule is CC(C)C1CC(C)(C)c2ccccc2NC1=O. The van der Waals surface area contributed by atoms with Crippen molar-refractivity contribution < 1.29 is 4.79 Å². The normalized spacial score (nSPS) is 22.9. The summed E-state index contributed by atoms with van der Waals surface area (Å²) in [6, 6.07) is 8.14. The van der Waals surface area contributed by atoms with Gasteiger partial charge in [-0.3, -0.25) is 4.79 Å². The summed E-state index contributed by atoms with van der Waals surface area (Å²) in [6.07, 6.45) is 0.910. The van der Waals surface area contributed by atoms with Gasteiger partial charge < -0.3 is 5.32 Å². The number of hydrogen-bond acceptors (Lipinski definition) is 1. The molecule has 0 fully saturated rings. The lowest BCUT2D eigenvalue weighted by atomic mass is 9.75. The standard InChI is InChI=1S/C15H21NO/c1-10(2)11-9-15(3,4)12-7-5-6-8-13(12)16-14(11)17/h5-8,10-11H,9H2,1-4H3,(H,16,17). The van der Waals surface area contributed by atoms with Crippen LogP contribution in [0.1, 0.15) is 39.7 Å². The van der Waals surface area contributed by atoms with Gasteiger partial charge in [0.05, 0.1) is 0 Å². The van der Waals surface area contributed by atoms with Gasteiger partial charge in [-0.2, -0.15) is 0 Å². The zero-order chi connectivity index (χ0) is 12.6. The van der Waals surface area contributed by atoms with E-state index < -0.39 is 0 Å². The van der Waals surface area contributed by atoms with E-state index in [1.54, 1.807) is 0 Å². The molecule has 0 bridgehead atoms. The van der Waals surface area contributed by atoms with Gasteiger partial charge >= 0.3 is 0 Å². The average Bonchev–Trinajstić information content (AvgIpc) is 2.35. The molecule has 0 aliphatic carbocycles. The molecule has 1 aliphatic rings. The second-order valence-corrected chi connectivity index (χ2v) is 5.97. The lowest BCUT2D eigenvalue weighted by Crippen LogP contribution is -2.29. The maximum absolute atomic E-state index is 12.2. The van der Waals surface area contributed by atoms with E-state index in [0.717, 1.165) is 12.1 Å². The minimum Gasteiger partial charge on any atom is -0.326 e. The molecule has 2 nitrogen and oxygen atoms in total. The Morgan fingerprint density at radius 3 is 2.59 bits per heavy atom. The van der Waals surface area contributed by atoms with Gasteiger partial charge in [-0.1, -0.05) is 45.9 Å². The monoisotopic (exact) mass is 231 g/mol. The second kappa shape index (κ2) is 4.17. The van der Waals surface area contributed by atoms with E-state index in [1.165, 1.54) is 5.56 Å². The fourth-order valence-electron chi connectivity index (χ4n) is 2.70. The van der Waals surface area contributed by atoms with Crippen molar-refractivity contribution in [1.82, 2.24) is 0 Å². The van der Waals surface area contributed by atoms with Gasteiger partial charge in [-0.15, -0.1) is 0 Å². The molecule has 17 heavy (non-hydrogen) atoms. The molecule has 1 atom stereocenters. The second-order valence-electron chi connectivity index (χ2n) is 5.97. The largest absolute Gasteiger partial charge is 0.326 e. The van der Waals surface area contributed by atoms with Gasteiger partial charge in [0.15, 0.2) is 0 Å². The zero-order valence-electron chi connectivity index (χ0n) is 11.1. The van der Waals surface area contributed by atoms with Crippen molar-refractivity contribution in [3.05, 3.63) is 29.8 Å². The zero-order valence-corrected chi connectivity index (χ0v) is 11.1. The first-order valence-electron chi connectivity index (χ1n) is 6.32. The Hall–Kier alpha value is -1.31. The van der Waals surface area contributed by atoms with Crippen molar-refractivity contribution in [3.8, 4) is 0 Å². The van der Waals surface area contributed by atoms with E-state index >= 15 is 0 Å². The van der Waals surface area contributed by atoms with Crippen molar-refractivity contribution >= 4 is 11.6 Å². The van der Waals surface area contributed by atoms with Crippen molar-refractivity contribution in [2.75, 3.05) is 5.32 Å². The number of rotatable bonds is 1. The highest BCUT2D eigenvalue weighted by Gasteiger charge is 2.35. The third-order valence-electron chi connectivity index (χ3n) is 3.79. The molecule has 1 unspecified atom stereocenters. The van der Waals surface area contributed by atoms with E-state index in [9.17, 15) is 4.79 Å². The van der Waals surface area contributed by atoms with E-state index in [1.807, 2.05) is 18.2 Å². The number of carbonyl (C=O) groups excluding carboxylic acids is 1. The van der Waals surface area contributed by atoms with Gasteiger partial charge in [0.1, 0.15) is 0 Å².